The molecule has 2 amide bonds. The number of nitrogens with one attached hydrogen (secondary N) is 2. The number of carbonyl (C=O) groups excluding carboxylic acids is 2. The molecule has 7 heteroatoms. The highest BCUT2D eigenvalue weighted by atomic mass is 35.5. The summed E-state index contributed by atoms with van der Waals surface area (Å²) in [6.45, 7) is 0. The summed E-state index contributed by atoms with van der Waals surface area (Å²) in [7, 11) is 0. The van der Waals surface area contributed by atoms with Gasteiger partial charge in [-0.2, -0.15) is 5.10 Å². The summed E-state index contributed by atoms with van der Waals surface area (Å²) in [5.41, 5.74) is 7.58. The Labute approximate surface area is 142 Å². The first-order valence-electron chi connectivity index (χ1n) is 7.06. The van der Waals surface area contributed by atoms with Crippen LogP contribution in [0.2, 0.25) is 5.02 Å². The van der Waals surface area contributed by atoms with Gasteiger partial charge < -0.3 is 11.1 Å². The molecule has 0 fully saturated rings. The molecule has 0 aliphatic carbocycles. The van der Waals surface area contributed by atoms with E-state index < -0.39 is 11.8 Å². The standard InChI is InChI=1S/C17H13ClN4O2/c18-11-7-5-10(6-8-11)14-9-15(22-21-14)17(24)20-13-4-2-1-3-12(13)16(19)23/h1-9H,(H2,19,23)(H,20,24)(H,21,22). The smallest absolute Gasteiger partial charge is 0.273 e. The summed E-state index contributed by atoms with van der Waals surface area (Å²) in [6.07, 6.45) is 0. The van der Waals surface area contributed by atoms with Gasteiger partial charge in [-0.1, -0.05) is 35.9 Å². The SMILES string of the molecule is NC(=O)c1ccccc1NC(=O)c1cc(-c2ccc(Cl)cc2)n[nH]1. The molecule has 0 atom stereocenters. The van der Waals surface area contributed by atoms with E-state index in [4.69, 9.17) is 17.3 Å². The van der Waals surface area contributed by atoms with Gasteiger partial charge in [0.05, 0.1) is 16.9 Å². The van der Waals surface area contributed by atoms with Crippen LogP contribution in [0.5, 0.6) is 0 Å². The van der Waals surface area contributed by atoms with Gasteiger partial charge in [0.1, 0.15) is 5.69 Å². The largest absolute Gasteiger partial charge is 0.366 e. The van der Waals surface area contributed by atoms with Crippen molar-refractivity contribution in [1.29, 1.82) is 0 Å². The molecule has 2 aromatic carbocycles. The van der Waals surface area contributed by atoms with E-state index in [1.54, 1.807) is 42.5 Å². The first-order valence-corrected chi connectivity index (χ1v) is 7.44. The highest BCUT2D eigenvalue weighted by molar-refractivity contribution is 6.30. The molecule has 0 spiro atoms. The zero-order valence-corrected chi connectivity index (χ0v) is 13.2. The summed E-state index contributed by atoms with van der Waals surface area (Å²) < 4.78 is 0. The van der Waals surface area contributed by atoms with Gasteiger partial charge >= 0.3 is 0 Å². The summed E-state index contributed by atoms with van der Waals surface area (Å²) in [5, 5.41) is 10.1. The fraction of sp³-hybridized carbons (Fsp3) is 0. The lowest BCUT2D eigenvalue weighted by Gasteiger charge is -2.07. The number of primary amides is 1. The van der Waals surface area contributed by atoms with Crippen LogP contribution in [0.25, 0.3) is 11.3 Å². The molecule has 0 saturated carbocycles. The number of aromatic nitrogens is 2. The van der Waals surface area contributed by atoms with Crippen LogP contribution in [0, 0.1) is 0 Å². The van der Waals surface area contributed by atoms with E-state index in [9.17, 15) is 9.59 Å². The number of halogens is 1. The highest BCUT2D eigenvalue weighted by Crippen LogP contribution is 2.21. The van der Waals surface area contributed by atoms with Crippen molar-refractivity contribution in [1.82, 2.24) is 10.2 Å². The maximum absolute atomic E-state index is 12.3. The second kappa shape index (κ2) is 6.55. The second-order valence-electron chi connectivity index (χ2n) is 5.04. The number of aromatic amines is 1. The minimum absolute atomic E-state index is 0.239. The number of nitrogens with zero attached hydrogens (tertiary/aromatic N) is 1. The molecule has 3 aromatic rings. The van der Waals surface area contributed by atoms with Crippen molar-refractivity contribution >= 4 is 29.1 Å². The van der Waals surface area contributed by atoms with Crippen LogP contribution in [-0.4, -0.2) is 22.0 Å². The molecule has 4 N–H and O–H groups in total. The van der Waals surface area contributed by atoms with Gasteiger partial charge in [-0.3, -0.25) is 14.7 Å². The van der Waals surface area contributed by atoms with E-state index in [1.165, 1.54) is 0 Å². The van der Waals surface area contributed by atoms with Gasteiger partial charge in [-0.25, -0.2) is 0 Å². The van der Waals surface area contributed by atoms with E-state index in [1.807, 2.05) is 12.1 Å². The number of rotatable bonds is 4. The van der Waals surface area contributed by atoms with Crippen molar-refractivity contribution < 1.29 is 9.59 Å². The van der Waals surface area contributed by atoms with Crippen LogP contribution < -0.4 is 11.1 Å². The van der Waals surface area contributed by atoms with Crippen molar-refractivity contribution in [2.75, 3.05) is 5.32 Å². The molecular weight excluding hydrogens is 328 g/mol. The Balaban J connectivity index is 1.82. The summed E-state index contributed by atoms with van der Waals surface area (Å²) in [6, 6.07) is 15.2. The van der Waals surface area contributed by atoms with Crippen LogP contribution in [0.3, 0.4) is 0 Å². The van der Waals surface area contributed by atoms with Crippen LogP contribution in [0.15, 0.2) is 54.6 Å². The van der Waals surface area contributed by atoms with E-state index in [-0.39, 0.29) is 11.3 Å². The zero-order chi connectivity index (χ0) is 17.1. The molecule has 3 rings (SSSR count). The number of para-hydroxylation sites is 1. The summed E-state index contributed by atoms with van der Waals surface area (Å²) >= 11 is 5.86. The Morgan fingerprint density at radius 2 is 1.79 bits per heavy atom. The van der Waals surface area contributed by atoms with Crippen LogP contribution >= 0.6 is 11.6 Å². The third kappa shape index (κ3) is 3.28. The summed E-state index contributed by atoms with van der Waals surface area (Å²) in [4.78, 5) is 23.7. The molecule has 0 radical (unpaired) electrons. The first-order chi connectivity index (χ1) is 11.5. The maximum Gasteiger partial charge on any atom is 0.273 e. The van der Waals surface area contributed by atoms with E-state index in [0.29, 0.717) is 16.4 Å². The van der Waals surface area contributed by atoms with Crippen molar-refractivity contribution in [3.05, 3.63) is 70.9 Å². The minimum atomic E-state index is -0.614. The Morgan fingerprint density at radius 1 is 1.08 bits per heavy atom. The number of amides is 2. The quantitative estimate of drug-likeness (QED) is 0.680. The molecule has 24 heavy (non-hydrogen) atoms. The highest BCUT2D eigenvalue weighted by Gasteiger charge is 2.14. The van der Waals surface area contributed by atoms with Crippen LogP contribution in [0.4, 0.5) is 5.69 Å². The fourth-order valence-corrected chi connectivity index (χ4v) is 2.33. The predicted octanol–water partition coefficient (Wildman–Crippen LogP) is 3.08. The van der Waals surface area contributed by atoms with E-state index >= 15 is 0 Å². The normalized spacial score (nSPS) is 10.4. The Bertz CT molecular complexity index is 903. The number of hydrogen-bond acceptors (Lipinski definition) is 3. The van der Waals surface area contributed by atoms with Crippen LogP contribution in [-0.2, 0) is 0 Å². The van der Waals surface area contributed by atoms with Crippen molar-refractivity contribution in [2.45, 2.75) is 0 Å². The number of nitrogens with two attached hydrogens (primary N) is 1. The number of benzene rings is 2. The minimum Gasteiger partial charge on any atom is -0.366 e. The number of anilines is 1. The summed E-state index contributed by atoms with van der Waals surface area (Å²) in [5.74, 6) is -1.03. The lowest BCUT2D eigenvalue weighted by atomic mass is 10.1. The molecule has 0 unspecified atom stereocenters. The van der Waals surface area contributed by atoms with Crippen molar-refractivity contribution in [3.63, 3.8) is 0 Å². The Kier molecular flexibility index (Phi) is 4.31. The molecule has 6 nitrogen and oxygen atoms in total. The van der Waals surface area contributed by atoms with Gasteiger partial charge in [-0.05, 0) is 30.3 Å². The molecule has 1 heterocycles. The topological polar surface area (TPSA) is 101 Å². The average Bonchev–Trinajstić information content (AvgIpc) is 3.06. The van der Waals surface area contributed by atoms with Gasteiger partial charge in [0.2, 0.25) is 0 Å². The number of carbonyl (C=O) groups is 2. The monoisotopic (exact) mass is 340 g/mol. The number of hydrogen-bond donors (Lipinski definition) is 3. The molecule has 120 valence electrons. The third-order valence-corrected chi connectivity index (χ3v) is 3.66. The molecule has 1 aromatic heterocycles. The number of H-pyrrole nitrogens is 1. The Morgan fingerprint density at radius 3 is 2.50 bits per heavy atom. The second-order valence-corrected chi connectivity index (χ2v) is 5.47. The van der Waals surface area contributed by atoms with Gasteiger partial charge in [-0.15, -0.1) is 0 Å². The van der Waals surface area contributed by atoms with Gasteiger partial charge in [0, 0.05) is 10.6 Å². The lowest BCUT2D eigenvalue weighted by molar-refractivity contribution is 0.100. The van der Waals surface area contributed by atoms with Crippen LogP contribution in [0.1, 0.15) is 20.8 Å². The van der Waals surface area contributed by atoms with Crippen molar-refractivity contribution in [2.24, 2.45) is 5.73 Å². The molecule has 0 aliphatic rings. The first kappa shape index (κ1) is 15.8. The average molecular weight is 341 g/mol. The molecule has 0 bridgehead atoms. The third-order valence-electron chi connectivity index (χ3n) is 3.40. The molecular formula is C17H13ClN4O2. The zero-order valence-electron chi connectivity index (χ0n) is 12.4. The van der Waals surface area contributed by atoms with Crippen molar-refractivity contribution in [3.8, 4) is 11.3 Å². The molecule has 0 saturated heterocycles. The van der Waals surface area contributed by atoms with E-state index in [2.05, 4.69) is 15.5 Å². The predicted molar refractivity (Wildman–Crippen MR) is 91.9 cm³/mol. The van der Waals surface area contributed by atoms with Gasteiger partial charge in [0.25, 0.3) is 11.8 Å². The van der Waals surface area contributed by atoms with Gasteiger partial charge in [0.15, 0.2) is 0 Å². The lowest BCUT2D eigenvalue weighted by Crippen LogP contribution is -2.18. The Hall–Kier alpha value is -3.12. The fourth-order valence-electron chi connectivity index (χ4n) is 2.20. The van der Waals surface area contributed by atoms with E-state index in [0.717, 1.165) is 5.56 Å². The maximum atomic E-state index is 12.3. The molecule has 0 aliphatic heterocycles.